The Morgan fingerprint density at radius 3 is 2.93 bits per heavy atom. The van der Waals surface area contributed by atoms with Crippen LogP contribution >= 0.6 is 11.6 Å². The van der Waals surface area contributed by atoms with Gasteiger partial charge < -0.3 is 15.4 Å². The van der Waals surface area contributed by atoms with Crippen LogP contribution in [-0.2, 0) is 24.1 Å². The molecule has 0 spiro atoms. The molecule has 8 heteroatoms. The van der Waals surface area contributed by atoms with Crippen molar-refractivity contribution in [1.82, 2.24) is 20.3 Å². The minimum absolute atomic E-state index is 0.118. The monoisotopic (exact) mass is 384 g/mol. The number of hydrogen-bond acceptors (Lipinski definition) is 4. The molecule has 0 bridgehead atoms. The van der Waals surface area contributed by atoms with Gasteiger partial charge in [-0.15, -0.1) is 0 Å². The van der Waals surface area contributed by atoms with Gasteiger partial charge in [-0.2, -0.15) is 0 Å². The van der Waals surface area contributed by atoms with Gasteiger partial charge >= 0.3 is 5.97 Å². The van der Waals surface area contributed by atoms with Crippen molar-refractivity contribution in [2.45, 2.75) is 31.7 Å². The summed E-state index contributed by atoms with van der Waals surface area (Å²) in [6, 6.07) is 4.16. The minimum atomic E-state index is -1.11. The number of amides is 1. The number of rotatable bonds is 5. The number of carboxylic acid groups (broad SMARTS) is 1. The van der Waals surface area contributed by atoms with Gasteiger partial charge in [0.05, 0.1) is 17.4 Å². The maximum absolute atomic E-state index is 13.1. The zero-order valence-electron chi connectivity index (χ0n) is 14.3. The molecule has 0 saturated carbocycles. The second-order valence-corrected chi connectivity index (χ2v) is 7.01. The average molecular weight is 385 g/mol. The lowest BCUT2D eigenvalue weighted by Crippen LogP contribution is -2.42. The standard InChI is InChI=1S/C19H17ClN4O3/c20-10-4-5-15-13(6-10)17(12-2-1-3-14(12)23-15)18(25)24-16(19(26)27)7-11-8-21-9-22-11/h4-6,8-9,16H,1-3,7H2,(H,21,22)(H,24,25)(H,26,27). The molecule has 4 rings (SSSR count). The number of aromatic nitrogens is 3. The van der Waals surface area contributed by atoms with Crippen LogP contribution in [-0.4, -0.2) is 38.0 Å². The maximum Gasteiger partial charge on any atom is 0.326 e. The number of nitrogens with zero attached hydrogens (tertiary/aromatic N) is 2. The number of aryl methyl sites for hydroxylation is 1. The van der Waals surface area contributed by atoms with Crippen molar-refractivity contribution in [2.24, 2.45) is 0 Å². The summed E-state index contributed by atoms with van der Waals surface area (Å²) in [5.41, 5.74) is 3.58. The van der Waals surface area contributed by atoms with Gasteiger partial charge in [-0.05, 0) is 43.0 Å². The van der Waals surface area contributed by atoms with Crippen molar-refractivity contribution < 1.29 is 14.7 Å². The number of H-pyrrole nitrogens is 1. The second kappa shape index (κ2) is 7.00. The summed E-state index contributed by atoms with van der Waals surface area (Å²) in [7, 11) is 0. The van der Waals surface area contributed by atoms with Crippen LogP contribution in [0.15, 0.2) is 30.7 Å². The summed E-state index contributed by atoms with van der Waals surface area (Å²) in [5.74, 6) is -1.53. The molecule has 0 saturated heterocycles. The molecule has 1 aromatic carbocycles. The van der Waals surface area contributed by atoms with Crippen LogP contribution in [0.1, 0.15) is 33.7 Å². The molecule has 3 N–H and O–H groups in total. The van der Waals surface area contributed by atoms with E-state index in [0.29, 0.717) is 27.2 Å². The Labute approximate surface area is 159 Å². The van der Waals surface area contributed by atoms with E-state index in [9.17, 15) is 14.7 Å². The molecule has 2 heterocycles. The third-order valence-corrected chi connectivity index (χ3v) is 5.02. The van der Waals surface area contributed by atoms with Gasteiger partial charge in [0.2, 0.25) is 0 Å². The molecular weight excluding hydrogens is 368 g/mol. The van der Waals surface area contributed by atoms with E-state index < -0.39 is 17.9 Å². The highest BCUT2D eigenvalue weighted by Crippen LogP contribution is 2.31. The highest BCUT2D eigenvalue weighted by Gasteiger charge is 2.27. The number of hydrogen-bond donors (Lipinski definition) is 3. The smallest absolute Gasteiger partial charge is 0.326 e. The summed E-state index contributed by atoms with van der Waals surface area (Å²) in [4.78, 5) is 36.2. The fourth-order valence-corrected chi connectivity index (χ4v) is 3.71. The number of fused-ring (bicyclic) bond motifs is 2. The number of pyridine rings is 1. The zero-order valence-corrected chi connectivity index (χ0v) is 15.1. The molecule has 0 fully saturated rings. The Hall–Kier alpha value is -2.93. The van der Waals surface area contributed by atoms with Crippen LogP contribution in [0.4, 0.5) is 0 Å². The van der Waals surface area contributed by atoms with E-state index in [0.717, 1.165) is 30.5 Å². The quantitative estimate of drug-likeness (QED) is 0.626. The largest absolute Gasteiger partial charge is 0.480 e. The lowest BCUT2D eigenvalue weighted by Gasteiger charge is -2.17. The SMILES string of the molecule is O=C(NC(Cc1cnc[nH]1)C(=O)O)c1c2c(nc3ccc(Cl)cc13)CCC2. The van der Waals surface area contributed by atoms with Crippen molar-refractivity contribution in [2.75, 3.05) is 0 Å². The van der Waals surface area contributed by atoms with Gasteiger partial charge in [0.25, 0.3) is 5.91 Å². The first kappa shape index (κ1) is 17.5. The van der Waals surface area contributed by atoms with E-state index in [1.807, 2.05) is 0 Å². The number of imidazole rings is 1. The predicted molar refractivity (Wildman–Crippen MR) is 100.0 cm³/mol. The first-order valence-corrected chi connectivity index (χ1v) is 9.02. The Morgan fingerprint density at radius 1 is 1.33 bits per heavy atom. The maximum atomic E-state index is 13.1. The normalized spacial score (nSPS) is 14.1. The zero-order chi connectivity index (χ0) is 19.0. The average Bonchev–Trinajstić information content (AvgIpc) is 3.30. The molecule has 1 amide bonds. The molecule has 1 unspecified atom stereocenters. The van der Waals surface area contributed by atoms with Crippen molar-refractivity contribution in [1.29, 1.82) is 0 Å². The number of benzene rings is 1. The topological polar surface area (TPSA) is 108 Å². The lowest BCUT2D eigenvalue weighted by atomic mass is 10.00. The van der Waals surface area contributed by atoms with Crippen molar-refractivity contribution in [3.8, 4) is 0 Å². The molecule has 1 atom stereocenters. The van der Waals surface area contributed by atoms with E-state index in [2.05, 4.69) is 20.3 Å². The molecule has 27 heavy (non-hydrogen) atoms. The van der Waals surface area contributed by atoms with Gasteiger partial charge in [-0.1, -0.05) is 11.6 Å². The van der Waals surface area contributed by atoms with Gasteiger partial charge in [0.15, 0.2) is 0 Å². The number of carbonyl (C=O) groups is 2. The van der Waals surface area contributed by atoms with E-state index in [1.54, 1.807) is 24.4 Å². The highest BCUT2D eigenvalue weighted by atomic mass is 35.5. The molecule has 138 valence electrons. The van der Waals surface area contributed by atoms with Crippen LogP contribution in [0.25, 0.3) is 10.9 Å². The van der Waals surface area contributed by atoms with Crippen LogP contribution in [0, 0.1) is 0 Å². The summed E-state index contributed by atoms with van der Waals surface area (Å²) < 4.78 is 0. The number of nitrogens with one attached hydrogen (secondary N) is 2. The Morgan fingerprint density at radius 2 is 2.19 bits per heavy atom. The molecule has 7 nitrogen and oxygen atoms in total. The molecular formula is C19H17ClN4O3. The fourth-order valence-electron chi connectivity index (χ4n) is 3.54. The van der Waals surface area contributed by atoms with Gasteiger partial charge in [-0.3, -0.25) is 9.78 Å². The van der Waals surface area contributed by atoms with Crippen LogP contribution in [0.3, 0.4) is 0 Å². The van der Waals surface area contributed by atoms with Crippen LogP contribution in [0.2, 0.25) is 5.02 Å². The third-order valence-electron chi connectivity index (χ3n) is 4.78. The van der Waals surface area contributed by atoms with E-state index in [-0.39, 0.29) is 6.42 Å². The van der Waals surface area contributed by atoms with Crippen LogP contribution < -0.4 is 5.32 Å². The fraction of sp³-hybridized carbons (Fsp3) is 0.263. The van der Waals surface area contributed by atoms with Crippen molar-refractivity contribution >= 4 is 34.4 Å². The van der Waals surface area contributed by atoms with Crippen molar-refractivity contribution in [3.05, 3.63) is 58.3 Å². The highest BCUT2D eigenvalue weighted by molar-refractivity contribution is 6.31. The van der Waals surface area contributed by atoms with Gasteiger partial charge in [0, 0.05) is 34.4 Å². The number of carboxylic acids is 1. The van der Waals surface area contributed by atoms with E-state index in [4.69, 9.17) is 11.6 Å². The van der Waals surface area contributed by atoms with E-state index in [1.165, 1.54) is 6.33 Å². The van der Waals surface area contributed by atoms with Gasteiger partial charge in [-0.25, -0.2) is 9.78 Å². The molecule has 3 aromatic rings. The van der Waals surface area contributed by atoms with Gasteiger partial charge in [0.1, 0.15) is 6.04 Å². The molecule has 0 radical (unpaired) electrons. The first-order chi connectivity index (χ1) is 13.0. The van der Waals surface area contributed by atoms with E-state index >= 15 is 0 Å². The minimum Gasteiger partial charge on any atom is -0.480 e. The molecule has 0 aliphatic heterocycles. The second-order valence-electron chi connectivity index (χ2n) is 6.57. The molecule has 1 aliphatic carbocycles. The molecule has 1 aliphatic rings. The number of halogens is 1. The Balaban J connectivity index is 1.73. The number of aromatic amines is 1. The third kappa shape index (κ3) is 3.38. The summed E-state index contributed by atoms with van der Waals surface area (Å²) in [6.45, 7) is 0. The summed E-state index contributed by atoms with van der Waals surface area (Å²) >= 11 is 6.13. The Kier molecular flexibility index (Phi) is 4.53. The summed E-state index contributed by atoms with van der Waals surface area (Å²) in [6.07, 6.45) is 5.61. The van der Waals surface area contributed by atoms with Crippen molar-refractivity contribution in [3.63, 3.8) is 0 Å². The number of aliphatic carboxylic acids is 1. The predicted octanol–water partition coefficient (Wildman–Crippen LogP) is 2.53. The Bertz CT molecular complexity index is 1030. The number of carbonyl (C=O) groups excluding carboxylic acids is 1. The lowest BCUT2D eigenvalue weighted by molar-refractivity contribution is -0.139. The molecule has 2 aromatic heterocycles. The first-order valence-electron chi connectivity index (χ1n) is 8.65. The van der Waals surface area contributed by atoms with Crippen LogP contribution in [0.5, 0.6) is 0 Å². The summed E-state index contributed by atoms with van der Waals surface area (Å²) in [5, 5.41) is 13.3.